The van der Waals surface area contributed by atoms with E-state index in [2.05, 4.69) is 25.7 Å². The van der Waals surface area contributed by atoms with Gasteiger partial charge >= 0.3 is 0 Å². The Morgan fingerprint density at radius 2 is 1.62 bits per heavy atom. The van der Waals surface area contributed by atoms with Gasteiger partial charge in [0.15, 0.2) is 0 Å². The lowest BCUT2D eigenvalue weighted by molar-refractivity contribution is 0.118. The second kappa shape index (κ2) is 5.53. The van der Waals surface area contributed by atoms with E-state index in [-0.39, 0.29) is 0 Å². The fourth-order valence-corrected chi connectivity index (χ4v) is 4.08. The van der Waals surface area contributed by atoms with Gasteiger partial charge in [-0.2, -0.15) is 0 Å². The summed E-state index contributed by atoms with van der Waals surface area (Å²) in [4.78, 5) is 2.74. The third kappa shape index (κ3) is 3.48. The molecule has 16 heavy (non-hydrogen) atoms. The third-order valence-electron chi connectivity index (χ3n) is 4.53. The molecule has 0 aromatic rings. The lowest BCUT2D eigenvalue weighted by Crippen LogP contribution is -2.39. The van der Waals surface area contributed by atoms with E-state index in [4.69, 9.17) is 0 Å². The van der Waals surface area contributed by atoms with Gasteiger partial charge in [-0.25, -0.2) is 0 Å². The highest BCUT2D eigenvalue weighted by atomic mass is 15.1. The van der Waals surface area contributed by atoms with Crippen molar-refractivity contribution < 1.29 is 0 Å². The van der Waals surface area contributed by atoms with Crippen LogP contribution in [0, 0.1) is 23.7 Å². The molecule has 3 atom stereocenters. The van der Waals surface area contributed by atoms with Crippen molar-refractivity contribution in [3.8, 4) is 0 Å². The van der Waals surface area contributed by atoms with E-state index in [0.717, 1.165) is 23.7 Å². The highest BCUT2D eigenvalue weighted by Crippen LogP contribution is 2.33. The molecule has 2 fully saturated rings. The second-order valence-electron chi connectivity index (χ2n) is 6.79. The number of hydrogen-bond donors (Lipinski definition) is 0. The van der Waals surface area contributed by atoms with E-state index in [1.54, 1.807) is 0 Å². The van der Waals surface area contributed by atoms with Crippen molar-refractivity contribution in [1.29, 1.82) is 0 Å². The minimum Gasteiger partial charge on any atom is -0.303 e. The van der Waals surface area contributed by atoms with Crippen LogP contribution in [0.5, 0.6) is 0 Å². The zero-order valence-corrected chi connectivity index (χ0v) is 11.4. The van der Waals surface area contributed by atoms with Crippen LogP contribution >= 0.6 is 0 Å². The molecule has 2 rings (SSSR count). The molecule has 1 saturated heterocycles. The summed E-state index contributed by atoms with van der Waals surface area (Å²) >= 11 is 0. The summed E-state index contributed by atoms with van der Waals surface area (Å²) in [5.74, 6) is 3.86. The summed E-state index contributed by atoms with van der Waals surface area (Å²) in [6.07, 6.45) is 7.31. The molecule has 0 N–H and O–H groups in total. The molecular formula is C15H29N. The second-order valence-corrected chi connectivity index (χ2v) is 6.79. The van der Waals surface area contributed by atoms with Crippen LogP contribution in [0.4, 0.5) is 0 Å². The fourth-order valence-electron chi connectivity index (χ4n) is 4.08. The van der Waals surface area contributed by atoms with Gasteiger partial charge in [0.25, 0.3) is 0 Å². The van der Waals surface area contributed by atoms with Gasteiger partial charge in [-0.15, -0.1) is 0 Å². The predicted molar refractivity (Wildman–Crippen MR) is 70.5 cm³/mol. The minimum absolute atomic E-state index is 0.937. The first-order chi connectivity index (χ1) is 7.63. The topological polar surface area (TPSA) is 3.24 Å². The molecule has 1 heterocycles. The Kier molecular flexibility index (Phi) is 4.29. The molecule has 1 aliphatic heterocycles. The lowest BCUT2D eigenvalue weighted by Gasteiger charge is -2.37. The van der Waals surface area contributed by atoms with E-state index in [0.29, 0.717) is 0 Å². The van der Waals surface area contributed by atoms with Crippen LogP contribution in [0.3, 0.4) is 0 Å². The molecule has 94 valence electrons. The average molecular weight is 223 g/mol. The normalized spacial score (nSPS) is 42.2. The Morgan fingerprint density at radius 3 is 2.25 bits per heavy atom. The Balaban J connectivity index is 1.79. The van der Waals surface area contributed by atoms with Crippen LogP contribution in [0.15, 0.2) is 0 Å². The Labute approximate surface area is 102 Å². The summed E-state index contributed by atoms with van der Waals surface area (Å²) in [6, 6.07) is 0. The zero-order chi connectivity index (χ0) is 11.5. The molecular weight excluding hydrogens is 194 g/mol. The number of nitrogens with zero attached hydrogens (tertiary/aromatic N) is 1. The number of piperidine rings is 1. The minimum atomic E-state index is 0.937. The van der Waals surface area contributed by atoms with Crippen molar-refractivity contribution in [2.24, 2.45) is 23.7 Å². The van der Waals surface area contributed by atoms with Gasteiger partial charge in [0.05, 0.1) is 0 Å². The maximum Gasteiger partial charge on any atom is 0.000997 e. The molecule has 0 aromatic heterocycles. The monoisotopic (exact) mass is 223 g/mol. The van der Waals surface area contributed by atoms with Crippen LogP contribution in [-0.4, -0.2) is 24.5 Å². The van der Waals surface area contributed by atoms with Gasteiger partial charge in [0.2, 0.25) is 0 Å². The molecule has 3 unspecified atom stereocenters. The van der Waals surface area contributed by atoms with Crippen molar-refractivity contribution in [3.05, 3.63) is 0 Å². The van der Waals surface area contributed by atoms with Crippen LogP contribution in [0.25, 0.3) is 0 Å². The van der Waals surface area contributed by atoms with Crippen LogP contribution in [-0.2, 0) is 0 Å². The van der Waals surface area contributed by atoms with Gasteiger partial charge < -0.3 is 4.90 Å². The van der Waals surface area contributed by atoms with E-state index in [1.807, 2.05) is 0 Å². The molecule has 1 nitrogen and oxygen atoms in total. The summed E-state index contributed by atoms with van der Waals surface area (Å²) in [6.45, 7) is 11.4. The van der Waals surface area contributed by atoms with Crippen molar-refractivity contribution >= 4 is 0 Å². The highest BCUT2D eigenvalue weighted by Gasteiger charge is 2.26. The molecule has 0 spiro atoms. The van der Waals surface area contributed by atoms with Crippen LogP contribution in [0.2, 0.25) is 0 Å². The third-order valence-corrected chi connectivity index (χ3v) is 4.53. The molecule has 2 aliphatic rings. The number of rotatable bonds is 2. The number of hydrogen-bond acceptors (Lipinski definition) is 1. The molecule has 1 saturated carbocycles. The molecule has 0 amide bonds. The largest absolute Gasteiger partial charge is 0.303 e. The summed E-state index contributed by atoms with van der Waals surface area (Å²) < 4.78 is 0. The average Bonchev–Trinajstić information content (AvgIpc) is 2.15. The van der Waals surface area contributed by atoms with E-state index >= 15 is 0 Å². The highest BCUT2D eigenvalue weighted by molar-refractivity contribution is 4.79. The lowest BCUT2D eigenvalue weighted by atomic mass is 9.76. The van der Waals surface area contributed by atoms with Crippen molar-refractivity contribution in [3.63, 3.8) is 0 Å². The van der Waals surface area contributed by atoms with E-state index in [1.165, 1.54) is 51.7 Å². The van der Waals surface area contributed by atoms with Crippen LogP contribution < -0.4 is 0 Å². The molecule has 1 heteroatoms. The SMILES string of the molecule is CC1CC(C)CC(CN2CCCC(C)C2)C1. The molecule has 0 radical (unpaired) electrons. The Bertz CT molecular complexity index is 203. The van der Waals surface area contributed by atoms with Crippen molar-refractivity contribution in [2.45, 2.75) is 52.9 Å². The molecule has 0 bridgehead atoms. The predicted octanol–water partition coefficient (Wildman–Crippen LogP) is 3.79. The van der Waals surface area contributed by atoms with E-state index in [9.17, 15) is 0 Å². The smallest absolute Gasteiger partial charge is 0.000997 e. The zero-order valence-electron chi connectivity index (χ0n) is 11.4. The maximum atomic E-state index is 2.74. The molecule has 0 aromatic carbocycles. The fraction of sp³-hybridized carbons (Fsp3) is 1.00. The first-order valence-corrected chi connectivity index (χ1v) is 7.35. The molecule has 1 aliphatic carbocycles. The summed E-state index contributed by atoms with van der Waals surface area (Å²) in [7, 11) is 0. The van der Waals surface area contributed by atoms with Crippen molar-refractivity contribution in [1.82, 2.24) is 4.90 Å². The van der Waals surface area contributed by atoms with Crippen LogP contribution in [0.1, 0.15) is 52.9 Å². The first kappa shape index (κ1) is 12.4. The number of likely N-dealkylation sites (tertiary alicyclic amines) is 1. The van der Waals surface area contributed by atoms with E-state index < -0.39 is 0 Å². The van der Waals surface area contributed by atoms with Gasteiger partial charge in [-0.3, -0.25) is 0 Å². The quantitative estimate of drug-likeness (QED) is 0.688. The van der Waals surface area contributed by atoms with Gasteiger partial charge in [-0.1, -0.05) is 20.8 Å². The summed E-state index contributed by atoms with van der Waals surface area (Å²) in [5, 5.41) is 0. The standard InChI is InChI=1S/C15H29N/c1-12-5-4-6-16(10-12)11-15-8-13(2)7-14(3)9-15/h12-15H,4-11H2,1-3H3. The maximum absolute atomic E-state index is 2.74. The van der Waals surface area contributed by atoms with Crippen molar-refractivity contribution in [2.75, 3.05) is 19.6 Å². The van der Waals surface area contributed by atoms with Gasteiger partial charge in [0, 0.05) is 13.1 Å². The summed E-state index contributed by atoms with van der Waals surface area (Å²) in [5.41, 5.74) is 0. The Hall–Kier alpha value is -0.0400. The Morgan fingerprint density at radius 1 is 0.938 bits per heavy atom. The van der Waals surface area contributed by atoms with Gasteiger partial charge in [-0.05, 0) is 62.3 Å². The first-order valence-electron chi connectivity index (χ1n) is 7.35. The van der Waals surface area contributed by atoms with Gasteiger partial charge in [0.1, 0.15) is 0 Å².